The highest BCUT2D eigenvalue weighted by molar-refractivity contribution is 6.29. The molecule has 0 bridgehead atoms. The van der Waals surface area contributed by atoms with Gasteiger partial charge in [0.2, 0.25) is 0 Å². The lowest BCUT2D eigenvalue weighted by molar-refractivity contribution is 1.26. The van der Waals surface area contributed by atoms with Crippen molar-refractivity contribution in [3.8, 4) is 0 Å². The van der Waals surface area contributed by atoms with E-state index in [0.29, 0.717) is 5.15 Å². The van der Waals surface area contributed by atoms with E-state index < -0.39 is 0 Å². The van der Waals surface area contributed by atoms with Crippen LogP contribution in [0.2, 0.25) is 5.15 Å². The number of H-pyrrole nitrogens is 1. The molecule has 0 aromatic carbocycles. The topological polar surface area (TPSA) is 41.6 Å². The standard InChI is InChI=1S/C7H6ClN3/c1-4-2-9-7-6(4)11-5(8)3-10-7/h2-3H,1H3,(H,9,10). The number of fused-ring (bicyclic) bond motifs is 1. The van der Waals surface area contributed by atoms with E-state index in [0.717, 1.165) is 16.7 Å². The first kappa shape index (κ1) is 6.61. The summed E-state index contributed by atoms with van der Waals surface area (Å²) < 4.78 is 0. The van der Waals surface area contributed by atoms with Crippen LogP contribution in [0, 0.1) is 6.92 Å². The third-order valence-corrected chi connectivity index (χ3v) is 1.72. The largest absolute Gasteiger partial charge is 0.345 e. The summed E-state index contributed by atoms with van der Waals surface area (Å²) in [6.45, 7) is 1.96. The van der Waals surface area contributed by atoms with E-state index >= 15 is 0 Å². The second-order valence-electron chi connectivity index (χ2n) is 2.36. The summed E-state index contributed by atoms with van der Waals surface area (Å²) in [5, 5.41) is 0.431. The van der Waals surface area contributed by atoms with E-state index in [-0.39, 0.29) is 0 Å². The van der Waals surface area contributed by atoms with Crippen LogP contribution in [0.25, 0.3) is 11.2 Å². The predicted octanol–water partition coefficient (Wildman–Crippen LogP) is 1.92. The normalized spacial score (nSPS) is 10.7. The Morgan fingerprint density at radius 1 is 1.55 bits per heavy atom. The van der Waals surface area contributed by atoms with Crippen molar-refractivity contribution < 1.29 is 0 Å². The summed E-state index contributed by atoms with van der Waals surface area (Å²) in [5.41, 5.74) is 2.69. The van der Waals surface area contributed by atoms with Gasteiger partial charge >= 0.3 is 0 Å². The maximum atomic E-state index is 5.66. The van der Waals surface area contributed by atoms with Crippen molar-refractivity contribution in [1.82, 2.24) is 15.0 Å². The predicted molar refractivity (Wildman–Crippen MR) is 43.6 cm³/mol. The molecule has 2 heterocycles. The smallest absolute Gasteiger partial charge is 0.156 e. The van der Waals surface area contributed by atoms with Crippen LogP contribution in [-0.2, 0) is 0 Å². The molecule has 11 heavy (non-hydrogen) atoms. The molecule has 0 atom stereocenters. The molecule has 0 aliphatic rings. The van der Waals surface area contributed by atoms with Gasteiger partial charge in [-0.05, 0) is 12.5 Å². The molecule has 0 unspecified atom stereocenters. The van der Waals surface area contributed by atoms with Gasteiger partial charge in [-0.3, -0.25) is 0 Å². The van der Waals surface area contributed by atoms with Crippen molar-refractivity contribution >= 4 is 22.8 Å². The number of aromatic amines is 1. The first-order chi connectivity index (χ1) is 5.27. The zero-order chi connectivity index (χ0) is 7.84. The molecule has 2 aromatic rings. The van der Waals surface area contributed by atoms with Crippen LogP contribution in [0.15, 0.2) is 12.4 Å². The highest BCUT2D eigenvalue weighted by Crippen LogP contribution is 2.14. The number of nitrogens with zero attached hydrogens (tertiary/aromatic N) is 2. The monoisotopic (exact) mass is 167 g/mol. The van der Waals surface area contributed by atoms with Gasteiger partial charge in [0.1, 0.15) is 10.7 Å². The van der Waals surface area contributed by atoms with Gasteiger partial charge in [0.25, 0.3) is 0 Å². The van der Waals surface area contributed by atoms with E-state index in [1.165, 1.54) is 6.20 Å². The van der Waals surface area contributed by atoms with Crippen LogP contribution in [0.5, 0.6) is 0 Å². The number of aromatic nitrogens is 3. The van der Waals surface area contributed by atoms with Gasteiger partial charge in [-0.2, -0.15) is 0 Å². The number of nitrogens with one attached hydrogen (secondary N) is 1. The summed E-state index contributed by atoms with van der Waals surface area (Å²) in [6, 6.07) is 0. The quantitative estimate of drug-likeness (QED) is 0.652. The number of hydrogen-bond acceptors (Lipinski definition) is 2. The molecule has 4 heteroatoms. The summed E-state index contributed by atoms with van der Waals surface area (Å²) >= 11 is 5.66. The zero-order valence-electron chi connectivity index (χ0n) is 5.93. The Kier molecular flexibility index (Phi) is 1.32. The van der Waals surface area contributed by atoms with Gasteiger partial charge < -0.3 is 4.98 Å². The number of aryl methyl sites for hydroxylation is 1. The first-order valence-corrected chi connectivity index (χ1v) is 3.61. The molecule has 0 amide bonds. The van der Waals surface area contributed by atoms with Crippen molar-refractivity contribution in [2.75, 3.05) is 0 Å². The minimum atomic E-state index is 0.431. The van der Waals surface area contributed by atoms with E-state index in [1.54, 1.807) is 0 Å². The molecule has 1 N–H and O–H groups in total. The summed E-state index contributed by atoms with van der Waals surface area (Å²) in [5.74, 6) is 0. The maximum absolute atomic E-state index is 5.66. The Balaban J connectivity index is 2.87. The zero-order valence-corrected chi connectivity index (χ0v) is 6.68. The van der Waals surface area contributed by atoms with Crippen LogP contribution in [0.1, 0.15) is 5.56 Å². The second kappa shape index (κ2) is 2.20. The van der Waals surface area contributed by atoms with Crippen LogP contribution in [0.4, 0.5) is 0 Å². The van der Waals surface area contributed by atoms with Gasteiger partial charge in [0, 0.05) is 6.20 Å². The van der Waals surface area contributed by atoms with Gasteiger partial charge in [-0.1, -0.05) is 11.6 Å². The molecule has 2 aromatic heterocycles. The summed E-state index contributed by atoms with van der Waals surface area (Å²) in [6.07, 6.45) is 3.39. The number of rotatable bonds is 0. The van der Waals surface area contributed by atoms with Gasteiger partial charge in [0.05, 0.1) is 6.20 Å². The van der Waals surface area contributed by atoms with Crippen LogP contribution in [0.3, 0.4) is 0 Å². The molecule has 0 aliphatic heterocycles. The fraction of sp³-hybridized carbons (Fsp3) is 0.143. The highest BCUT2D eigenvalue weighted by atomic mass is 35.5. The van der Waals surface area contributed by atoms with Crippen LogP contribution < -0.4 is 0 Å². The Labute approximate surface area is 68.4 Å². The fourth-order valence-electron chi connectivity index (χ4n) is 0.993. The van der Waals surface area contributed by atoms with E-state index in [4.69, 9.17) is 11.6 Å². The van der Waals surface area contributed by atoms with Crippen molar-refractivity contribution in [1.29, 1.82) is 0 Å². The van der Waals surface area contributed by atoms with Crippen LogP contribution >= 0.6 is 11.6 Å². The molecule has 56 valence electrons. The molecular formula is C7H6ClN3. The van der Waals surface area contributed by atoms with Gasteiger partial charge in [0.15, 0.2) is 5.65 Å². The van der Waals surface area contributed by atoms with Gasteiger partial charge in [-0.25, -0.2) is 9.97 Å². The molecular weight excluding hydrogens is 162 g/mol. The fourth-order valence-corrected chi connectivity index (χ4v) is 1.13. The van der Waals surface area contributed by atoms with E-state index in [2.05, 4.69) is 15.0 Å². The van der Waals surface area contributed by atoms with Crippen molar-refractivity contribution in [2.24, 2.45) is 0 Å². The third kappa shape index (κ3) is 0.973. The lowest BCUT2D eigenvalue weighted by Gasteiger charge is -1.89. The lowest BCUT2D eigenvalue weighted by Crippen LogP contribution is -1.81. The Bertz CT molecular complexity index is 393. The van der Waals surface area contributed by atoms with Crippen molar-refractivity contribution in [3.63, 3.8) is 0 Å². The molecule has 3 nitrogen and oxygen atoms in total. The van der Waals surface area contributed by atoms with E-state index in [1.807, 2.05) is 13.1 Å². The summed E-state index contributed by atoms with van der Waals surface area (Å²) in [4.78, 5) is 11.1. The second-order valence-corrected chi connectivity index (χ2v) is 2.75. The lowest BCUT2D eigenvalue weighted by atomic mass is 10.3. The molecule has 2 rings (SSSR count). The van der Waals surface area contributed by atoms with Crippen molar-refractivity contribution in [2.45, 2.75) is 6.92 Å². The molecule has 0 saturated heterocycles. The minimum Gasteiger partial charge on any atom is -0.345 e. The third-order valence-electron chi connectivity index (χ3n) is 1.54. The Morgan fingerprint density at radius 3 is 3.18 bits per heavy atom. The van der Waals surface area contributed by atoms with Crippen molar-refractivity contribution in [3.05, 3.63) is 23.1 Å². The first-order valence-electron chi connectivity index (χ1n) is 3.23. The molecule has 0 aliphatic carbocycles. The molecule has 0 spiro atoms. The van der Waals surface area contributed by atoms with Crippen LogP contribution in [-0.4, -0.2) is 15.0 Å². The average Bonchev–Trinajstić information content (AvgIpc) is 2.33. The summed E-state index contributed by atoms with van der Waals surface area (Å²) in [7, 11) is 0. The SMILES string of the molecule is Cc1c[nH]c2ncc(Cl)nc12. The molecule has 0 fully saturated rings. The minimum absolute atomic E-state index is 0.431. The Morgan fingerprint density at radius 2 is 2.36 bits per heavy atom. The average molecular weight is 168 g/mol. The van der Waals surface area contributed by atoms with E-state index in [9.17, 15) is 0 Å². The number of halogens is 1. The number of hydrogen-bond donors (Lipinski definition) is 1. The Hall–Kier alpha value is -1.09. The van der Waals surface area contributed by atoms with Gasteiger partial charge in [-0.15, -0.1) is 0 Å². The maximum Gasteiger partial charge on any atom is 0.156 e. The molecule has 0 radical (unpaired) electrons. The highest BCUT2D eigenvalue weighted by Gasteiger charge is 2.01. The molecule has 0 saturated carbocycles.